The molecule has 0 saturated carbocycles. The van der Waals surface area contributed by atoms with Crippen molar-refractivity contribution < 1.29 is 4.79 Å². The van der Waals surface area contributed by atoms with Crippen LogP contribution in [0.5, 0.6) is 0 Å². The second-order valence-corrected chi connectivity index (χ2v) is 8.19. The molecule has 1 saturated heterocycles. The van der Waals surface area contributed by atoms with Gasteiger partial charge in [-0.25, -0.2) is 0 Å². The summed E-state index contributed by atoms with van der Waals surface area (Å²) in [5, 5.41) is 0. The molecular weight excluding hydrogens is 344 g/mol. The van der Waals surface area contributed by atoms with Crippen LogP contribution < -0.4 is 11.3 Å². The van der Waals surface area contributed by atoms with Crippen molar-refractivity contribution in [2.24, 2.45) is 13.0 Å². The van der Waals surface area contributed by atoms with E-state index in [0.717, 1.165) is 12.1 Å². The normalized spacial score (nSPS) is 22.3. The van der Waals surface area contributed by atoms with Crippen molar-refractivity contribution in [2.75, 3.05) is 18.8 Å². The fourth-order valence-electron chi connectivity index (χ4n) is 3.82. The maximum absolute atomic E-state index is 12.9. The number of rotatable bonds is 1. The van der Waals surface area contributed by atoms with Crippen molar-refractivity contribution in [1.29, 1.82) is 0 Å². The molecule has 0 aliphatic carbocycles. The van der Waals surface area contributed by atoms with E-state index >= 15 is 0 Å². The minimum absolute atomic E-state index is 0.0484. The zero-order valence-electron chi connectivity index (χ0n) is 13.3. The minimum Gasteiger partial charge on any atom is -0.384 e. The number of thiazole rings is 1. The summed E-state index contributed by atoms with van der Waals surface area (Å²) in [5.41, 5.74) is 7.12. The van der Waals surface area contributed by atoms with Crippen LogP contribution in [0, 0.1) is 9.87 Å². The maximum Gasteiger partial charge on any atom is 0.267 e. The largest absolute Gasteiger partial charge is 0.384 e. The monoisotopic (exact) mass is 362 g/mol. The summed E-state index contributed by atoms with van der Waals surface area (Å²) in [4.78, 5) is 27.4. The molecule has 0 radical (unpaired) electrons. The maximum atomic E-state index is 12.9. The molecule has 0 unspecified atom stereocenters. The quantitative estimate of drug-likeness (QED) is 0.786. The number of amides is 1. The lowest BCUT2D eigenvalue weighted by Crippen LogP contribution is -2.49. The molecule has 2 aromatic rings. The fraction of sp³-hybridized carbons (Fsp3) is 0.438. The van der Waals surface area contributed by atoms with Crippen molar-refractivity contribution in [3.05, 3.63) is 43.1 Å². The molecule has 0 spiro atoms. The lowest BCUT2D eigenvalue weighted by Gasteiger charge is -2.42. The molecular formula is C16H18N4O2S2. The average Bonchev–Trinajstić information content (AvgIpc) is 2.82. The molecule has 126 valence electrons. The molecule has 8 heteroatoms. The summed E-state index contributed by atoms with van der Waals surface area (Å²) in [6, 6.07) is 5.40. The fourth-order valence-corrected chi connectivity index (χ4v) is 5.03. The predicted octanol–water partition coefficient (Wildman–Crippen LogP) is 1.82. The number of pyridine rings is 1. The summed E-state index contributed by atoms with van der Waals surface area (Å²) < 4.78 is 4.14. The van der Waals surface area contributed by atoms with E-state index in [1.165, 1.54) is 11.3 Å². The van der Waals surface area contributed by atoms with Gasteiger partial charge in [0.2, 0.25) is 0 Å². The van der Waals surface area contributed by atoms with E-state index < -0.39 is 0 Å². The number of nitrogen functional groups attached to an aromatic ring is 1. The number of piperidine rings is 1. The van der Waals surface area contributed by atoms with E-state index in [9.17, 15) is 9.59 Å². The molecule has 2 atom stereocenters. The first-order valence-corrected chi connectivity index (χ1v) is 9.12. The van der Waals surface area contributed by atoms with Crippen molar-refractivity contribution in [3.63, 3.8) is 0 Å². The average molecular weight is 362 g/mol. The second kappa shape index (κ2) is 5.56. The van der Waals surface area contributed by atoms with Gasteiger partial charge in [0.15, 0.2) is 3.95 Å². The highest BCUT2D eigenvalue weighted by Crippen LogP contribution is 2.36. The SMILES string of the molecule is Cn1c(N)c(C(=O)N2C[C@H]3C[C@H](C2)c2cccc(=O)n2C3)sc1=S. The summed E-state index contributed by atoms with van der Waals surface area (Å²) in [7, 11) is 1.78. The molecule has 2 aliphatic heterocycles. The molecule has 4 rings (SSSR count). The van der Waals surface area contributed by atoms with Crippen molar-refractivity contribution in [3.8, 4) is 0 Å². The van der Waals surface area contributed by atoms with Gasteiger partial charge in [0.1, 0.15) is 10.7 Å². The van der Waals surface area contributed by atoms with E-state index in [4.69, 9.17) is 18.0 Å². The number of carbonyl (C=O) groups is 1. The van der Waals surface area contributed by atoms with Crippen LogP contribution in [0.3, 0.4) is 0 Å². The number of nitrogens with two attached hydrogens (primary N) is 1. The van der Waals surface area contributed by atoms with E-state index in [1.807, 2.05) is 15.5 Å². The van der Waals surface area contributed by atoms with Crippen LogP contribution in [-0.2, 0) is 13.6 Å². The van der Waals surface area contributed by atoms with Crippen LogP contribution in [0.2, 0.25) is 0 Å². The van der Waals surface area contributed by atoms with Crippen LogP contribution in [0.1, 0.15) is 27.7 Å². The third-order valence-corrected chi connectivity index (χ3v) is 6.58. The Morgan fingerprint density at radius 1 is 1.33 bits per heavy atom. The Hall–Kier alpha value is -1.93. The van der Waals surface area contributed by atoms with Crippen LogP contribution in [-0.4, -0.2) is 33.0 Å². The Balaban J connectivity index is 1.66. The van der Waals surface area contributed by atoms with E-state index in [0.29, 0.717) is 40.2 Å². The van der Waals surface area contributed by atoms with Gasteiger partial charge in [0.25, 0.3) is 11.5 Å². The van der Waals surface area contributed by atoms with Gasteiger partial charge < -0.3 is 19.8 Å². The van der Waals surface area contributed by atoms with Crippen LogP contribution in [0.25, 0.3) is 0 Å². The summed E-state index contributed by atoms with van der Waals surface area (Å²) in [5.74, 6) is 0.888. The Morgan fingerprint density at radius 3 is 2.83 bits per heavy atom. The first-order valence-electron chi connectivity index (χ1n) is 7.90. The third kappa shape index (κ3) is 2.32. The van der Waals surface area contributed by atoms with Gasteiger partial charge in [0.05, 0.1) is 0 Å². The van der Waals surface area contributed by atoms with Gasteiger partial charge in [-0.1, -0.05) is 17.4 Å². The summed E-state index contributed by atoms with van der Waals surface area (Å²) in [6.07, 6.45) is 1.02. The number of hydrogen-bond acceptors (Lipinski definition) is 5. The number of aromatic nitrogens is 2. The summed E-state index contributed by atoms with van der Waals surface area (Å²) >= 11 is 6.49. The predicted molar refractivity (Wildman–Crippen MR) is 96.0 cm³/mol. The van der Waals surface area contributed by atoms with Crippen LogP contribution in [0.4, 0.5) is 5.82 Å². The Morgan fingerprint density at radius 2 is 2.12 bits per heavy atom. The summed E-state index contributed by atoms with van der Waals surface area (Å²) in [6.45, 7) is 1.95. The number of nitrogens with zero attached hydrogens (tertiary/aromatic N) is 3. The number of likely N-dealkylation sites (tertiary alicyclic amines) is 1. The van der Waals surface area contributed by atoms with Gasteiger partial charge in [-0.05, 0) is 30.6 Å². The van der Waals surface area contributed by atoms with E-state index in [1.54, 1.807) is 23.7 Å². The molecule has 24 heavy (non-hydrogen) atoms. The highest BCUT2D eigenvalue weighted by molar-refractivity contribution is 7.73. The highest BCUT2D eigenvalue weighted by Gasteiger charge is 2.37. The lowest BCUT2D eigenvalue weighted by molar-refractivity contribution is 0.0600. The Labute approximate surface area is 148 Å². The van der Waals surface area contributed by atoms with E-state index in [-0.39, 0.29) is 17.4 Å². The van der Waals surface area contributed by atoms with Crippen molar-refractivity contribution in [1.82, 2.24) is 14.0 Å². The Kier molecular flexibility index (Phi) is 3.61. The minimum atomic E-state index is -0.0503. The Bertz CT molecular complexity index is 942. The number of fused-ring (bicyclic) bond motifs is 4. The lowest BCUT2D eigenvalue weighted by atomic mass is 9.83. The van der Waals surface area contributed by atoms with Gasteiger partial charge in [-0.15, -0.1) is 0 Å². The molecule has 2 bridgehead atoms. The number of anilines is 1. The zero-order valence-corrected chi connectivity index (χ0v) is 14.9. The molecule has 4 heterocycles. The first-order chi connectivity index (χ1) is 11.5. The number of carbonyl (C=O) groups excluding carboxylic acids is 1. The third-order valence-electron chi connectivity index (χ3n) is 5.02. The molecule has 6 nitrogen and oxygen atoms in total. The first kappa shape index (κ1) is 15.6. The standard InChI is InChI=1S/C16H18N4O2S2/c1-18-14(17)13(24-16(18)23)15(22)19-6-9-5-10(8-19)11-3-2-4-12(21)20(11)7-9/h2-4,9-10H,5-8,17H2,1H3/t9-,10-/m1/s1. The number of hydrogen-bond donors (Lipinski definition) is 1. The molecule has 1 amide bonds. The highest BCUT2D eigenvalue weighted by atomic mass is 32.1. The smallest absolute Gasteiger partial charge is 0.267 e. The van der Waals surface area contributed by atoms with Gasteiger partial charge >= 0.3 is 0 Å². The molecule has 2 aliphatic rings. The zero-order chi connectivity index (χ0) is 17.0. The molecule has 1 fully saturated rings. The van der Waals surface area contributed by atoms with Crippen LogP contribution >= 0.6 is 23.6 Å². The van der Waals surface area contributed by atoms with Gasteiger partial charge in [0, 0.05) is 44.4 Å². The van der Waals surface area contributed by atoms with Gasteiger partial charge in [-0.2, -0.15) is 0 Å². The van der Waals surface area contributed by atoms with E-state index in [2.05, 4.69) is 0 Å². The van der Waals surface area contributed by atoms with Crippen LogP contribution in [0.15, 0.2) is 23.0 Å². The molecule has 2 aromatic heterocycles. The molecule has 2 N–H and O–H groups in total. The van der Waals surface area contributed by atoms with Gasteiger partial charge in [-0.3, -0.25) is 9.59 Å². The van der Waals surface area contributed by atoms with Crippen molar-refractivity contribution in [2.45, 2.75) is 18.9 Å². The molecule has 0 aromatic carbocycles. The second-order valence-electron chi connectivity index (χ2n) is 6.55. The van der Waals surface area contributed by atoms with Crippen molar-refractivity contribution >= 4 is 35.3 Å². The topological polar surface area (TPSA) is 73.3 Å².